The average Bonchev–Trinajstić information content (AvgIpc) is 2.57. The third kappa shape index (κ3) is 4.64. The number of anilines is 1. The van der Waals surface area contributed by atoms with Crippen LogP contribution in [-0.2, 0) is 4.74 Å². The molecular formula is C15H25N5O2. The highest BCUT2D eigenvalue weighted by atomic mass is 16.5. The first-order chi connectivity index (χ1) is 10.7. The molecule has 0 spiro atoms. The first-order valence-electron chi connectivity index (χ1n) is 7.91. The Morgan fingerprint density at radius 2 is 2.09 bits per heavy atom. The van der Waals surface area contributed by atoms with Crippen LogP contribution in [0.1, 0.15) is 24.3 Å². The molecular weight excluding hydrogens is 282 g/mol. The third-order valence-corrected chi connectivity index (χ3v) is 3.74. The number of rotatable bonds is 7. The molecule has 0 saturated carbocycles. The van der Waals surface area contributed by atoms with Gasteiger partial charge in [0.15, 0.2) is 0 Å². The van der Waals surface area contributed by atoms with Gasteiger partial charge in [0.2, 0.25) is 5.95 Å². The van der Waals surface area contributed by atoms with E-state index in [9.17, 15) is 4.79 Å². The van der Waals surface area contributed by atoms with Crippen molar-refractivity contribution in [1.29, 1.82) is 0 Å². The van der Waals surface area contributed by atoms with E-state index in [1.807, 2.05) is 13.8 Å². The van der Waals surface area contributed by atoms with Crippen LogP contribution in [0, 0.1) is 0 Å². The molecule has 1 aliphatic heterocycles. The average molecular weight is 307 g/mol. The smallest absolute Gasteiger partial charge is 0.272 e. The van der Waals surface area contributed by atoms with Crippen LogP contribution in [0.25, 0.3) is 0 Å². The first kappa shape index (κ1) is 16.6. The van der Waals surface area contributed by atoms with Gasteiger partial charge in [0.1, 0.15) is 5.69 Å². The topological polar surface area (TPSA) is 70.6 Å². The van der Waals surface area contributed by atoms with Crippen molar-refractivity contribution in [2.45, 2.75) is 13.8 Å². The molecule has 1 aliphatic rings. The lowest BCUT2D eigenvalue weighted by Gasteiger charge is -2.26. The number of hydrogen-bond donors (Lipinski definition) is 1. The van der Waals surface area contributed by atoms with Gasteiger partial charge in [-0.15, -0.1) is 0 Å². The summed E-state index contributed by atoms with van der Waals surface area (Å²) in [5, 5.41) is 3.19. The Bertz CT molecular complexity index is 473. The van der Waals surface area contributed by atoms with Crippen molar-refractivity contribution in [3.63, 3.8) is 0 Å². The molecule has 7 nitrogen and oxygen atoms in total. The van der Waals surface area contributed by atoms with Crippen molar-refractivity contribution < 1.29 is 9.53 Å². The van der Waals surface area contributed by atoms with E-state index in [0.717, 1.165) is 39.4 Å². The molecule has 0 aliphatic carbocycles. The van der Waals surface area contributed by atoms with Crippen LogP contribution in [0.15, 0.2) is 12.3 Å². The number of carbonyl (C=O) groups is 1. The molecule has 1 aromatic rings. The van der Waals surface area contributed by atoms with E-state index in [4.69, 9.17) is 4.74 Å². The lowest BCUT2D eigenvalue weighted by Crippen LogP contribution is -2.39. The van der Waals surface area contributed by atoms with Gasteiger partial charge in [0.25, 0.3) is 5.91 Å². The minimum atomic E-state index is -0.0522. The SMILES string of the molecule is CCN(CC)C(=O)c1ccnc(NCCN2CCOCC2)n1. The summed E-state index contributed by atoms with van der Waals surface area (Å²) in [6, 6.07) is 1.66. The fraction of sp³-hybridized carbons (Fsp3) is 0.667. The monoisotopic (exact) mass is 307 g/mol. The Morgan fingerprint density at radius 1 is 1.36 bits per heavy atom. The van der Waals surface area contributed by atoms with Crippen LogP contribution >= 0.6 is 0 Å². The normalized spacial score (nSPS) is 15.5. The molecule has 122 valence electrons. The number of carbonyl (C=O) groups excluding carboxylic acids is 1. The van der Waals surface area contributed by atoms with Crippen LogP contribution in [0.2, 0.25) is 0 Å². The fourth-order valence-electron chi connectivity index (χ4n) is 2.39. The number of morpholine rings is 1. The van der Waals surface area contributed by atoms with Gasteiger partial charge in [-0.05, 0) is 19.9 Å². The van der Waals surface area contributed by atoms with E-state index in [-0.39, 0.29) is 5.91 Å². The van der Waals surface area contributed by atoms with E-state index in [1.165, 1.54) is 0 Å². The van der Waals surface area contributed by atoms with Gasteiger partial charge in [0, 0.05) is 45.5 Å². The van der Waals surface area contributed by atoms with E-state index in [2.05, 4.69) is 20.2 Å². The second-order valence-electron chi connectivity index (χ2n) is 5.12. The zero-order chi connectivity index (χ0) is 15.8. The summed E-state index contributed by atoms with van der Waals surface area (Å²) in [7, 11) is 0. The molecule has 0 aromatic carbocycles. The number of nitrogens with zero attached hydrogens (tertiary/aromatic N) is 4. The molecule has 1 fully saturated rings. The van der Waals surface area contributed by atoms with Crippen LogP contribution in [0.3, 0.4) is 0 Å². The number of amides is 1. The van der Waals surface area contributed by atoms with Crippen molar-refractivity contribution in [3.05, 3.63) is 18.0 Å². The highest BCUT2D eigenvalue weighted by molar-refractivity contribution is 5.92. The summed E-state index contributed by atoms with van der Waals surface area (Å²) in [6.07, 6.45) is 1.63. The van der Waals surface area contributed by atoms with Gasteiger partial charge in [-0.3, -0.25) is 9.69 Å². The minimum absolute atomic E-state index is 0.0522. The summed E-state index contributed by atoms with van der Waals surface area (Å²) >= 11 is 0. The molecule has 1 N–H and O–H groups in total. The van der Waals surface area contributed by atoms with Gasteiger partial charge in [-0.1, -0.05) is 0 Å². The lowest BCUT2D eigenvalue weighted by molar-refractivity contribution is 0.0398. The second kappa shape index (κ2) is 8.65. The summed E-state index contributed by atoms with van der Waals surface area (Å²) in [6.45, 7) is 10.5. The van der Waals surface area contributed by atoms with Gasteiger partial charge < -0.3 is 15.0 Å². The largest absolute Gasteiger partial charge is 0.379 e. The maximum Gasteiger partial charge on any atom is 0.272 e. The van der Waals surface area contributed by atoms with Crippen LogP contribution < -0.4 is 5.32 Å². The van der Waals surface area contributed by atoms with E-state index < -0.39 is 0 Å². The number of hydrogen-bond acceptors (Lipinski definition) is 6. The van der Waals surface area contributed by atoms with Crippen LogP contribution in [-0.4, -0.2) is 78.2 Å². The predicted octanol–water partition coefficient (Wildman–Crippen LogP) is 0.703. The van der Waals surface area contributed by atoms with Crippen molar-refractivity contribution in [2.24, 2.45) is 0 Å². The Hall–Kier alpha value is -1.73. The van der Waals surface area contributed by atoms with Gasteiger partial charge in [-0.2, -0.15) is 0 Å². The molecule has 0 unspecified atom stereocenters. The highest BCUT2D eigenvalue weighted by Crippen LogP contribution is 2.05. The van der Waals surface area contributed by atoms with Crippen molar-refractivity contribution in [3.8, 4) is 0 Å². The third-order valence-electron chi connectivity index (χ3n) is 3.74. The maximum absolute atomic E-state index is 12.3. The zero-order valence-electron chi connectivity index (χ0n) is 13.4. The summed E-state index contributed by atoms with van der Waals surface area (Å²) in [5.41, 5.74) is 0.438. The Balaban J connectivity index is 1.86. The quantitative estimate of drug-likeness (QED) is 0.800. The summed E-state index contributed by atoms with van der Waals surface area (Å²) in [5.74, 6) is 0.454. The fourth-order valence-corrected chi connectivity index (χ4v) is 2.39. The standard InChI is InChI=1S/C15H25N5O2/c1-3-20(4-2)14(21)13-5-6-16-15(18-13)17-7-8-19-9-11-22-12-10-19/h5-6H,3-4,7-12H2,1-2H3,(H,16,17,18). The second-order valence-corrected chi connectivity index (χ2v) is 5.12. The molecule has 0 atom stereocenters. The molecule has 2 rings (SSSR count). The zero-order valence-corrected chi connectivity index (χ0v) is 13.4. The lowest BCUT2D eigenvalue weighted by atomic mass is 10.3. The molecule has 1 saturated heterocycles. The Kier molecular flexibility index (Phi) is 6.54. The Labute approximate surface area is 131 Å². The van der Waals surface area contributed by atoms with Crippen molar-refractivity contribution in [1.82, 2.24) is 19.8 Å². The predicted molar refractivity (Wildman–Crippen MR) is 85.0 cm³/mol. The van der Waals surface area contributed by atoms with Crippen molar-refractivity contribution >= 4 is 11.9 Å². The molecule has 7 heteroatoms. The van der Waals surface area contributed by atoms with Crippen molar-refractivity contribution in [2.75, 3.05) is 57.8 Å². The van der Waals surface area contributed by atoms with E-state index in [0.29, 0.717) is 24.7 Å². The van der Waals surface area contributed by atoms with Gasteiger partial charge in [-0.25, -0.2) is 9.97 Å². The molecule has 0 radical (unpaired) electrons. The van der Waals surface area contributed by atoms with Gasteiger partial charge in [0.05, 0.1) is 13.2 Å². The maximum atomic E-state index is 12.3. The molecule has 0 bridgehead atoms. The number of aromatic nitrogens is 2. The highest BCUT2D eigenvalue weighted by Gasteiger charge is 2.15. The van der Waals surface area contributed by atoms with Crippen LogP contribution in [0.5, 0.6) is 0 Å². The molecule has 1 amide bonds. The van der Waals surface area contributed by atoms with Gasteiger partial charge >= 0.3 is 0 Å². The molecule has 22 heavy (non-hydrogen) atoms. The number of nitrogens with one attached hydrogen (secondary N) is 1. The first-order valence-corrected chi connectivity index (χ1v) is 7.91. The Morgan fingerprint density at radius 3 is 2.77 bits per heavy atom. The van der Waals surface area contributed by atoms with E-state index in [1.54, 1.807) is 17.2 Å². The minimum Gasteiger partial charge on any atom is -0.379 e. The number of ether oxygens (including phenoxy) is 1. The summed E-state index contributed by atoms with van der Waals surface area (Å²) < 4.78 is 5.32. The van der Waals surface area contributed by atoms with Crippen LogP contribution in [0.4, 0.5) is 5.95 Å². The molecule has 2 heterocycles. The molecule has 1 aromatic heterocycles. The summed E-state index contributed by atoms with van der Waals surface area (Å²) in [4.78, 5) is 24.8. The van der Waals surface area contributed by atoms with E-state index >= 15 is 0 Å².